The molecule has 29 heavy (non-hydrogen) atoms. The van der Waals surface area contributed by atoms with Crippen LogP contribution < -0.4 is 20.1 Å². The summed E-state index contributed by atoms with van der Waals surface area (Å²) in [6, 6.07) is 3.58. The number of aromatic nitrogens is 2. The number of anilines is 2. The van der Waals surface area contributed by atoms with Gasteiger partial charge in [-0.2, -0.15) is 4.98 Å². The lowest BCUT2D eigenvalue weighted by Gasteiger charge is -2.35. The lowest BCUT2D eigenvalue weighted by Crippen LogP contribution is -2.51. The Balaban J connectivity index is 0.00000240. The van der Waals surface area contributed by atoms with Gasteiger partial charge >= 0.3 is 0 Å². The molecule has 1 amide bonds. The van der Waals surface area contributed by atoms with Crippen LogP contribution in [0.2, 0.25) is 0 Å². The summed E-state index contributed by atoms with van der Waals surface area (Å²) in [7, 11) is 3.16. The molecule has 2 aliphatic heterocycles. The van der Waals surface area contributed by atoms with Crippen molar-refractivity contribution in [3.63, 3.8) is 0 Å². The molecular weight excluding hydrogens is 398 g/mol. The molecule has 0 bridgehead atoms. The van der Waals surface area contributed by atoms with E-state index in [2.05, 4.69) is 9.97 Å². The predicted octanol–water partition coefficient (Wildman–Crippen LogP) is 1.48. The van der Waals surface area contributed by atoms with Crippen molar-refractivity contribution in [2.24, 2.45) is 0 Å². The molecule has 0 saturated carbocycles. The number of ether oxygens (including phenoxy) is 3. The second-order valence-corrected chi connectivity index (χ2v) is 6.95. The molecule has 0 radical (unpaired) electrons. The zero-order valence-electron chi connectivity index (χ0n) is 16.6. The van der Waals surface area contributed by atoms with Crippen LogP contribution in [0.3, 0.4) is 0 Å². The fourth-order valence-corrected chi connectivity index (χ4v) is 3.71. The number of halogens is 1. The van der Waals surface area contributed by atoms with Gasteiger partial charge in [0.1, 0.15) is 11.9 Å². The van der Waals surface area contributed by atoms with Crippen LogP contribution >= 0.6 is 12.4 Å². The number of piperazine rings is 1. The first-order valence-corrected chi connectivity index (χ1v) is 9.45. The van der Waals surface area contributed by atoms with Crippen molar-refractivity contribution < 1.29 is 19.0 Å². The van der Waals surface area contributed by atoms with Crippen molar-refractivity contribution in [2.45, 2.75) is 18.9 Å². The standard InChI is InChI=1S/C19H25N5O4.ClH/c1-26-15-10-12-13(11-16(15)27-2)21-19(22-17(12)20)24-7-5-23(6-8-24)18(25)14-4-3-9-28-14;/h10-11,14H,3-9H2,1-2H3,(H2,20,21,22);1H/t14-;/m0./s1. The van der Waals surface area contributed by atoms with Gasteiger partial charge in [0.25, 0.3) is 5.91 Å². The number of methoxy groups -OCH3 is 2. The minimum absolute atomic E-state index is 0. The molecule has 9 nitrogen and oxygen atoms in total. The third-order valence-corrected chi connectivity index (χ3v) is 5.30. The number of hydrogen-bond acceptors (Lipinski definition) is 8. The molecule has 2 fully saturated rings. The van der Waals surface area contributed by atoms with Gasteiger partial charge < -0.3 is 29.7 Å². The van der Waals surface area contributed by atoms with Gasteiger partial charge in [0.05, 0.1) is 19.7 Å². The topological polar surface area (TPSA) is 103 Å². The first-order valence-electron chi connectivity index (χ1n) is 9.45. The van der Waals surface area contributed by atoms with Crippen molar-refractivity contribution >= 4 is 41.0 Å². The highest BCUT2D eigenvalue weighted by Gasteiger charge is 2.31. The molecule has 2 N–H and O–H groups in total. The molecular formula is C19H26ClN5O4. The molecule has 3 heterocycles. The first-order chi connectivity index (χ1) is 13.6. The van der Waals surface area contributed by atoms with Crippen LogP contribution in [0.1, 0.15) is 12.8 Å². The highest BCUT2D eigenvalue weighted by atomic mass is 35.5. The largest absolute Gasteiger partial charge is 0.493 e. The van der Waals surface area contributed by atoms with Gasteiger partial charge in [0.15, 0.2) is 11.5 Å². The minimum Gasteiger partial charge on any atom is -0.493 e. The Hall–Kier alpha value is -2.52. The maximum atomic E-state index is 12.5. The molecule has 1 aromatic carbocycles. The monoisotopic (exact) mass is 423 g/mol. The fraction of sp³-hybridized carbons (Fsp3) is 0.526. The Morgan fingerprint density at radius 2 is 1.83 bits per heavy atom. The molecule has 4 rings (SSSR count). The van der Waals surface area contributed by atoms with Crippen molar-refractivity contribution in [3.05, 3.63) is 12.1 Å². The number of rotatable bonds is 4. The molecule has 0 spiro atoms. The predicted molar refractivity (Wildman–Crippen MR) is 112 cm³/mol. The van der Waals surface area contributed by atoms with Gasteiger partial charge in [-0.25, -0.2) is 4.98 Å². The minimum atomic E-state index is -0.276. The molecule has 2 aliphatic rings. The highest BCUT2D eigenvalue weighted by molar-refractivity contribution is 5.91. The summed E-state index contributed by atoms with van der Waals surface area (Å²) in [5.41, 5.74) is 6.87. The average Bonchev–Trinajstić information content (AvgIpc) is 3.27. The van der Waals surface area contributed by atoms with Gasteiger partial charge in [-0.05, 0) is 18.9 Å². The van der Waals surface area contributed by atoms with Gasteiger partial charge in [0.2, 0.25) is 5.95 Å². The van der Waals surface area contributed by atoms with E-state index in [0.29, 0.717) is 67.0 Å². The van der Waals surface area contributed by atoms with Crippen LogP contribution in [0, 0.1) is 0 Å². The Labute approximate surface area is 175 Å². The Bertz CT molecular complexity index is 883. The number of hydrogen-bond donors (Lipinski definition) is 1. The molecule has 158 valence electrons. The van der Waals surface area contributed by atoms with Gasteiger partial charge in [-0.15, -0.1) is 12.4 Å². The van der Waals surface area contributed by atoms with E-state index >= 15 is 0 Å². The van der Waals surface area contributed by atoms with E-state index in [9.17, 15) is 4.79 Å². The summed E-state index contributed by atoms with van der Waals surface area (Å²) in [4.78, 5) is 25.6. The quantitative estimate of drug-likeness (QED) is 0.788. The third-order valence-electron chi connectivity index (χ3n) is 5.30. The van der Waals surface area contributed by atoms with Gasteiger partial charge in [-0.3, -0.25) is 4.79 Å². The average molecular weight is 424 g/mol. The smallest absolute Gasteiger partial charge is 0.251 e. The maximum absolute atomic E-state index is 12.5. The molecule has 0 unspecified atom stereocenters. The lowest BCUT2D eigenvalue weighted by atomic mass is 10.2. The van der Waals surface area contributed by atoms with Crippen LogP contribution in [0.15, 0.2) is 12.1 Å². The molecule has 2 saturated heterocycles. The Morgan fingerprint density at radius 3 is 2.45 bits per heavy atom. The zero-order chi connectivity index (χ0) is 19.7. The SMILES string of the molecule is COc1cc2nc(N3CCN(C(=O)[C@@H]4CCCO4)CC3)nc(N)c2cc1OC.Cl. The Morgan fingerprint density at radius 1 is 1.14 bits per heavy atom. The summed E-state index contributed by atoms with van der Waals surface area (Å²) in [5.74, 6) is 2.21. The van der Waals surface area contributed by atoms with Gasteiger partial charge in [0, 0.05) is 44.2 Å². The number of nitrogens with two attached hydrogens (primary N) is 1. The summed E-state index contributed by atoms with van der Waals surface area (Å²) in [5, 5.41) is 0.716. The van der Waals surface area contributed by atoms with E-state index in [1.165, 1.54) is 0 Å². The second-order valence-electron chi connectivity index (χ2n) is 6.95. The molecule has 10 heteroatoms. The van der Waals surface area contributed by atoms with E-state index in [1.807, 2.05) is 9.80 Å². The lowest BCUT2D eigenvalue weighted by molar-refractivity contribution is -0.141. The number of nitrogen functional groups attached to an aromatic ring is 1. The molecule has 1 atom stereocenters. The van der Waals surface area contributed by atoms with Crippen molar-refractivity contribution in [2.75, 3.05) is 57.6 Å². The van der Waals surface area contributed by atoms with Crippen LogP contribution in [0.4, 0.5) is 11.8 Å². The third kappa shape index (κ3) is 4.11. The van der Waals surface area contributed by atoms with Crippen LogP contribution in [-0.2, 0) is 9.53 Å². The number of carbonyl (C=O) groups is 1. The van der Waals surface area contributed by atoms with Crippen molar-refractivity contribution in [1.82, 2.24) is 14.9 Å². The fourth-order valence-electron chi connectivity index (χ4n) is 3.71. The number of benzene rings is 1. The number of fused-ring (bicyclic) bond motifs is 1. The molecule has 1 aromatic heterocycles. The highest BCUT2D eigenvalue weighted by Crippen LogP contribution is 2.34. The number of amides is 1. The van der Waals surface area contributed by atoms with E-state index in [4.69, 9.17) is 19.9 Å². The molecule has 0 aliphatic carbocycles. The van der Waals surface area contributed by atoms with Crippen LogP contribution in [0.25, 0.3) is 10.9 Å². The molecule has 2 aromatic rings. The van der Waals surface area contributed by atoms with Crippen molar-refractivity contribution in [1.29, 1.82) is 0 Å². The van der Waals surface area contributed by atoms with Crippen LogP contribution in [0.5, 0.6) is 11.5 Å². The van der Waals surface area contributed by atoms with Crippen molar-refractivity contribution in [3.8, 4) is 11.5 Å². The summed E-state index contributed by atoms with van der Waals surface area (Å²) in [6.07, 6.45) is 1.49. The summed E-state index contributed by atoms with van der Waals surface area (Å²) in [6.45, 7) is 3.21. The number of nitrogens with zero attached hydrogens (tertiary/aromatic N) is 4. The summed E-state index contributed by atoms with van der Waals surface area (Å²) >= 11 is 0. The number of carbonyl (C=O) groups excluding carboxylic acids is 1. The second kappa shape index (κ2) is 8.87. The van der Waals surface area contributed by atoms with E-state index < -0.39 is 0 Å². The van der Waals surface area contributed by atoms with Crippen LogP contribution in [-0.4, -0.2) is 73.9 Å². The summed E-state index contributed by atoms with van der Waals surface area (Å²) < 4.78 is 16.2. The van der Waals surface area contributed by atoms with E-state index in [1.54, 1.807) is 26.4 Å². The first kappa shape index (κ1) is 21.2. The van der Waals surface area contributed by atoms with Gasteiger partial charge in [-0.1, -0.05) is 0 Å². The maximum Gasteiger partial charge on any atom is 0.251 e. The normalized spacial score (nSPS) is 19.2. The Kier molecular flexibility index (Phi) is 6.49. The van der Waals surface area contributed by atoms with E-state index in [0.717, 1.165) is 12.8 Å². The zero-order valence-corrected chi connectivity index (χ0v) is 17.4. The van der Waals surface area contributed by atoms with E-state index in [-0.39, 0.29) is 24.4 Å².